The van der Waals surface area contributed by atoms with Crippen LogP contribution in [0.2, 0.25) is 0 Å². The Morgan fingerprint density at radius 2 is 2.00 bits per heavy atom. The first-order valence-electron chi connectivity index (χ1n) is 12.9. The smallest absolute Gasteiger partial charge is 0.263 e. The van der Waals surface area contributed by atoms with E-state index < -0.39 is 5.82 Å². The number of anilines is 3. The topological polar surface area (TPSA) is 73.8 Å². The molecule has 1 atom stereocenters. The second-order valence-corrected chi connectivity index (χ2v) is 11.3. The van der Waals surface area contributed by atoms with Crippen LogP contribution in [0.15, 0.2) is 24.5 Å². The molecule has 5 rings (SSSR count). The van der Waals surface area contributed by atoms with Gasteiger partial charge in [0.05, 0.1) is 34.1 Å². The van der Waals surface area contributed by atoms with Crippen LogP contribution in [0.4, 0.5) is 21.7 Å². The van der Waals surface area contributed by atoms with Gasteiger partial charge in [-0.2, -0.15) is 0 Å². The molecule has 1 saturated heterocycles. The largest absolute Gasteiger partial charge is 0.383 e. The van der Waals surface area contributed by atoms with Crippen molar-refractivity contribution in [1.29, 1.82) is 0 Å². The molecule has 2 aliphatic rings. The molecule has 0 spiro atoms. The number of pyridine rings is 2. The summed E-state index contributed by atoms with van der Waals surface area (Å²) >= 11 is 1.50. The SMILES string of the molecule is COC[C@H]1CN(c2cnc(Nc3cc4c(C5CCCC5)c(C(=O)N(C)C)sc4cn3)c(F)c2)CCN1C. The van der Waals surface area contributed by atoms with E-state index >= 15 is 4.39 Å². The Labute approximate surface area is 221 Å². The Balaban J connectivity index is 1.40. The number of amides is 1. The lowest BCUT2D eigenvalue weighted by atomic mass is 9.94. The van der Waals surface area contributed by atoms with Gasteiger partial charge in [-0.15, -0.1) is 11.3 Å². The normalized spacial score (nSPS) is 19.1. The van der Waals surface area contributed by atoms with Crippen LogP contribution in [-0.4, -0.2) is 86.2 Å². The highest BCUT2D eigenvalue weighted by Gasteiger charge is 2.29. The molecular weight excluding hydrogens is 491 g/mol. The van der Waals surface area contributed by atoms with E-state index in [1.165, 1.54) is 30.2 Å². The van der Waals surface area contributed by atoms with Crippen molar-refractivity contribution in [3.05, 3.63) is 40.8 Å². The number of nitrogens with one attached hydrogen (secondary N) is 1. The number of methoxy groups -OCH3 is 1. The molecule has 2 fully saturated rings. The Bertz CT molecular complexity index is 1280. The molecule has 0 radical (unpaired) electrons. The van der Waals surface area contributed by atoms with Crippen molar-refractivity contribution in [2.24, 2.45) is 0 Å². The number of halogens is 1. The standard InChI is InChI=1S/C27H35FN6O2S/c1-32(2)27(35)25-24(17-7-5-6-8-17)20-12-23(29-14-22(20)37-25)31-26-21(28)11-18(13-30-26)34-10-9-33(3)19(15-34)16-36-4/h11-14,17,19H,5-10,15-16H2,1-4H3,(H,29,30,31)/t19-/m1/s1. The van der Waals surface area contributed by atoms with Crippen LogP contribution < -0.4 is 10.2 Å². The van der Waals surface area contributed by atoms with E-state index in [2.05, 4.69) is 32.1 Å². The fourth-order valence-electron chi connectivity index (χ4n) is 5.44. The van der Waals surface area contributed by atoms with Crippen LogP contribution in [0.3, 0.4) is 0 Å². The van der Waals surface area contributed by atoms with Crippen molar-refractivity contribution in [2.45, 2.75) is 37.6 Å². The fourth-order valence-corrected chi connectivity index (χ4v) is 6.70. The van der Waals surface area contributed by atoms with E-state index in [4.69, 9.17) is 4.74 Å². The first kappa shape index (κ1) is 25.8. The first-order chi connectivity index (χ1) is 17.9. The van der Waals surface area contributed by atoms with Gasteiger partial charge in [0.1, 0.15) is 5.82 Å². The lowest BCUT2D eigenvalue weighted by Gasteiger charge is -2.40. The zero-order valence-electron chi connectivity index (χ0n) is 22.0. The van der Waals surface area contributed by atoms with E-state index in [1.807, 2.05) is 6.07 Å². The number of likely N-dealkylation sites (N-methyl/N-ethyl adjacent to an activating group) is 1. The van der Waals surface area contributed by atoms with E-state index in [9.17, 15) is 4.79 Å². The molecule has 3 aromatic heterocycles. The van der Waals surface area contributed by atoms with Crippen molar-refractivity contribution >= 4 is 44.7 Å². The summed E-state index contributed by atoms with van der Waals surface area (Å²) in [6, 6.07) is 3.72. The molecule has 10 heteroatoms. The maximum absolute atomic E-state index is 15.2. The summed E-state index contributed by atoms with van der Waals surface area (Å²) in [5, 5.41) is 4.10. The summed E-state index contributed by atoms with van der Waals surface area (Å²) in [4.78, 5) is 28.7. The third-order valence-electron chi connectivity index (χ3n) is 7.55. The van der Waals surface area contributed by atoms with Gasteiger partial charge in [0, 0.05) is 58.5 Å². The zero-order chi connectivity index (χ0) is 26.1. The van der Waals surface area contributed by atoms with Gasteiger partial charge in [-0.25, -0.2) is 14.4 Å². The number of carbonyl (C=O) groups excluding carboxylic acids is 1. The van der Waals surface area contributed by atoms with E-state index in [0.717, 1.165) is 58.7 Å². The minimum Gasteiger partial charge on any atom is -0.383 e. The highest BCUT2D eigenvalue weighted by atomic mass is 32.1. The molecule has 0 aromatic carbocycles. The molecular formula is C27H35FN6O2S. The molecule has 1 aliphatic carbocycles. The lowest BCUT2D eigenvalue weighted by Crippen LogP contribution is -2.53. The average molecular weight is 527 g/mol. The summed E-state index contributed by atoms with van der Waals surface area (Å²) in [6.45, 7) is 3.07. The van der Waals surface area contributed by atoms with Crippen LogP contribution in [0.5, 0.6) is 0 Å². The van der Waals surface area contributed by atoms with Gasteiger partial charge in [0.2, 0.25) is 0 Å². The number of fused-ring (bicyclic) bond motifs is 1. The van der Waals surface area contributed by atoms with Gasteiger partial charge in [0.15, 0.2) is 11.6 Å². The lowest BCUT2D eigenvalue weighted by molar-refractivity contribution is 0.0831. The molecule has 198 valence electrons. The van der Waals surface area contributed by atoms with Crippen LogP contribution in [0, 0.1) is 5.82 Å². The maximum atomic E-state index is 15.2. The molecule has 4 heterocycles. The van der Waals surface area contributed by atoms with Crippen LogP contribution in [-0.2, 0) is 4.74 Å². The molecule has 37 heavy (non-hydrogen) atoms. The minimum atomic E-state index is -0.425. The van der Waals surface area contributed by atoms with Gasteiger partial charge in [-0.05, 0) is 37.4 Å². The summed E-state index contributed by atoms with van der Waals surface area (Å²) in [6.07, 6.45) is 8.00. The van der Waals surface area contributed by atoms with Crippen molar-refractivity contribution in [3.63, 3.8) is 0 Å². The summed E-state index contributed by atoms with van der Waals surface area (Å²) in [5.74, 6) is 0.624. The van der Waals surface area contributed by atoms with Crippen LogP contribution in [0.25, 0.3) is 10.1 Å². The Morgan fingerprint density at radius 1 is 1.22 bits per heavy atom. The molecule has 0 bridgehead atoms. The number of ether oxygens (including phenoxy) is 1. The highest BCUT2D eigenvalue weighted by Crippen LogP contribution is 2.44. The Morgan fingerprint density at radius 3 is 2.70 bits per heavy atom. The van der Waals surface area contributed by atoms with Gasteiger partial charge in [-0.3, -0.25) is 9.69 Å². The summed E-state index contributed by atoms with van der Waals surface area (Å²) < 4.78 is 21.5. The van der Waals surface area contributed by atoms with Crippen LogP contribution in [0.1, 0.15) is 46.8 Å². The molecule has 1 aliphatic heterocycles. The van der Waals surface area contributed by atoms with Crippen molar-refractivity contribution in [3.8, 4) is 0 Å². The number of rotatable bonds is 7. The number of piperazine rings is 1. The van der Waals surface area contributed by atoms with Crippen molar-refractivity contribution in [1.82, 2.24) is 19.8 Å². The molecule has 1 amide bonds. The number of nitrogens with zero attached hydrogens (tertiary/aromatic N) is 5. The van der Waals surface area contributed by atoms with Crippen molar-refractivity contribution < 1.29 is 13.9 Å². The van der Waals surface area contributed by atoms with E-state index in [1.54, 1.807) is 38.5 Å². The monoisotopic (exact) mass is 526 g/mol. The second-order valence-electron chi connectivity index (χ2n) is 10.3. The highest BCUT2D eigenvalue weighted by molar-refractivity contribution is 7.21. The minimum absolute atomic E-state index is 0.0255. The number of aromatic nitrogens is 2. The number of carbonyl (C=O) groups is 1. The fraction of sp³-hybridized carbons (Fsp3) is 0.519. The molecule has 8 nitrogen and oxygen atoms in total. The Hall–Kier alpha value is -2.82. The Kier molecular flexibility index (Phi) is 7.60. The first-order valence-corrected chi connectivity index (χ1v) is 13.7. The quantitative estimate of drug-likeness (QED) is 0.478. The number of hydrogen-bond acceptors (Lipinski definition) is 8. The maximum Gasteiger partial charge on any atom is 0.263 e. The second kappa shape index (κ2) is 10.9. The molecule has 3 aromatic rings. The molecule has 1 saturated carbocycles. The molecule has 0 unspecified atom stereocenters. The average Bonchev–Trinajstić information content (AvgIpc) is 3.54. The number of thiophene rings is 1. The van der Waals surface area contributed by atoms with E-state index in [-0.39, 0.29) is 17.8 Å². The predicted octanol–water partition coefficient (Wildman–Crippen LogP) is 4.70. The van der Waals surface area contributed by atoms with Crippen molar-refractivity contribution in [2.75, 3.05) is 64.7 Å². The summed E-state index contributed by atoms with van der Waals surface area (Å²) in [7, 11) is 7.36. The third-order valence-corrected chi connectivity index (χ3v) is 8.70. The van der Waals surface area contributed by atoms with Gasteiger partial charge >= 0.3 is 0 Å². The zero-order valence-corrected chi connectivity index (χ0v) is 22.8. The predicted molar refractivity (Wildman–Crippen MR) is 147 cm³/mol. The van der Waals surface area contributed by atoms with E-state index in [0.29, 0.717) is 18.3 Å². The summed E-state index contributed by atoms with van der Waals surface area (Å²) in [5.41, 5.74) is 1.87. The molecule has 1 N–H and O–H groups in total. The third kappa shape index (κ3) is 5.28. The van der Waals surface area contributed by atoms with Crippen LogP contribution >= 0.6 is 11.3 Å². The van der Waals surface area contributed by atoms with Gasteiger partial charge < -0.3 is 19.9 Å². The van der Waals surface area contributed by atoms with Gasteiger partial charge in [-0.1, -0.05) is 12.8 Å². The van der Waals surface area contributed by atoms with Gasteiger partial charge in [0.25, 0.3) is 5.91 Å². The number of hydrogen-bond donors (Lipinski definition) is 1.